The van der Waals surface area contributed by atoms with Gasteiger partial charge in [0, 0.05) is 35.2 Å². The molecular weight excluding hydrogens is 294 g/mol. The maximum absolute atomic E-state index is 12.1. The van der Waals surface area contributed by atoms with E-state index >= 15 is 0 Å². The van der Waals surface area contributed by atoms with Crippen LogP contribution in [0.3, 0.4) is 0 Å². The first kappa shape index (κ1) is 15.0. The van der Waals surface area contributed by atoms with Gasteiger partial charge in [-0.15, -0.1) is 0 Å². The molecule has 23 heavy (non-hydrogen) atoms. The Morgan fingerprint density at radius 1 is 0.957 bits per heavy atom. The Hall–Kier alpha value is -2.95. The van der Waals surface area contributed by atoms with E-state index in [4.69, 9.17) is 0 Å². The minimum absolute atomic E-state index is 0.125. The molecule has 0 fully saturated rings. The van der Waals surface area contributed by atoms with E-state index < -0.39 is 0 Å². The Balaban J connectivity index is 1.66. The van der Waals surface area contributed by atoms with E-state index in [1.165, 1.54) is 18.2 Å². The molecule has 5 nitrogen and oxygen atoms in total. The lowest BCUT2D eigenvalue weighted by atomic mass is 10.0. The first-order valence-electron chi connectivity index (χ1n) is 7.38. The normalized spacial score (nSPS) is 11.0. The van der Waals surface area contributed by atoms with E-state index in [2.05, 4.69) is 4.98 Å². The number of ketones is 1. The molecule has 0 saturated carbocycles. The molecule has 0 radical (unpaired) electrons. The van der Waals surface area contributed by atoms with Gasteiger partial charge in [-0.25, -0.2) is 0 Å². The summed E-state index contributed by atoms with van der Waals surface area (Å²) >= 11 is 0. The van der Waals surface area contributed by atoms with Crippen molar-refractivity contribution < 1.29 is 20.1 Å². The molecule has 118 valence electrons. The number of carbonyl (C=O) groups excluding carboxylic acids is 1. The van der Waals surface area contributed by atoms with Gasteiger partial charge in [-0.3, -0.25) is 4.79 Å². The molecule has 0 amide bonds. The highest BCUT2D eigenvalue weighted by Gasteiger charge is 2.10. The summed E-state index contributed by atoms with van der Waals surface area (Å²) in [6.45, 7) is 0. The number of aromatic hydroxyl groups is 3. The fraction of sp³-hybridized carbons (Fsp3) is 0.167. The van der Waals surface area contributed by atoms with Crippen molar-refractivity contribution in [1.29, 1.82) is 0 Å². The second-order valence-corrected chi connectivity index (χ2v) is 5.56. The van der Waals surface area contributed by atoms with Crippen LogP contribution in [0.25, 0.3) is 10.9 Å². The molecule has 0 spiro atoms. The molecule has 0 aliphatic heterocycles. The molecule has 0 saturated heterocycles. The topological polar surface area (TPSA) is 93.6 Å². The number of hydrogen-bond acceptors (Lipinski definition) is 4. The van der Waals surface area contributed by atoms with Crippen molar-refractivity contribution in [2.45, 2.75) is 19.3 Å². The number of H-pyrrole nitrogens is 1. The summed E-state index contributed by atoms with van der Waals surface area (Å²) < 4.78 is 0. The zero-order valence-electron chi connectivity index (χ0n) is 12.4. The summed E-state index contributed by atoms with van der Waals surface area (Å²) in [6.07, 6.45) is 3.53. The molecule has 5 heteroatoms. The van der Waals surface area contributed by atoms with Gasteiger partial charge in [0.1, 0.15) is 17.2 Å². The molecule has 3 rings (SSSR count). The molecule has 0 aliphatic rings. The molecule has 4 N–H and O–H groups in total. The SMILES string of the molecule is O=C(CCCc1c[nH]c2ccc(O)cc12)c1cc(O)cc(O)c1. The van der Waals surface area contributed by atoms with Crippen LogP contribution in [-0.4, -0.2) is 26.1 Å². The molecule has 1 heterocycles. The number of carbonyl (C=O) groups is 1. The van der Waals surface area contributed by atoms with Gasteiger partial charge in [0.2, 0.25) is 0 Å². The largest absolute Gasteiger partial charge is 0.508 e. The van der Waals surface area contributed by atoms with Crippen molar-refractivity contribution in [1.82, 2.24) is 4.98 Å². The third-order valence-corrected chi connectivity index (χ3v) is 3.83. The van der Waals surface area contributed by atoms with Crippen molar-refractivity contribution in [3.8, 4) is 17.2 Å². The minimum atomic E-state index is -0.126. The lowest BCUT2D eigenvalue weighted by Crippen LogP contribution is -1.99. The van der Waals surface area contributed by atoms with Crippen molar-refractivity contribution in [2.24, 2.45) is 0 Å². The quantitative estimate of drug-likeness (QED) is 0.543. The Bertz CT molecular complexity index is 846. The summed E-state index contributed by atoms with van der Waals surface area (Å²) in [6, 6.07) is 9.04. The van der Waals surface area contributed by atoms with Gasteiger partial charge >= 0.3 is 0 Å². The fourth-order valence-corrected chi connectivity index (χ4v) is 2.71. The first-order chi connectivity index (χ1) is 11.0. The molecule has 2 aromatic carbocycles. The van der Waals surface area contributed by atoms with E-state index in [9.17, 15) is 20.1 Å². The summed E-state index contributed by atoms with van der Waals surface area (Å²) in [5.41, 5.74) is 2.29. The van der Waals surface area contributed by atoms with Crippen molar-refractivity contribution in [3.05, 3.63) is 53.7 Å². The van der Waals surface area contributed by atoms with Gasteiger partial charge in [-0.2, -0.15) is 0 Å². The molecular formula is C18H17NO4. The van der Waals surface area contributed by atoms with Crippen LogP contribution in [0.2, 0.25) is 0 Å². The van der Waals surface area contributed by atoms with E-state index in [1.807, 2.05) is 12.3 Å². The Morgan fingerprint density at radius 2 is 1.70 bits per heavy atom. The summed E-state index contributed by atoms with van der Waals surface area (Å²) in [4.78, 5) is 15.3. The lowest BCUT2D eigenvalue weighted by molar-refractivity contribution is 0.0979. The number of phenolic OH excluding ortho intramolecular Hbond substituents is 3. The number of fused-ring (bicyclic) bond motifs is 1. The number of hydrogen-bond donors (Lipinski definition) is 4. The second kappa shape index (κ2) is 6.04. The Kier molecular flexibility index (Phi) is 3.93. The minimum Gasteiger partial charge on any atom is -0.508 e. The number of phenols is 3. The van der Waals surface area contributed by atoms with Gasteiger partial charge in [-0.1, -0.05) is 0 Å². The molecule has 0 atom stereocenters. The van der Waals surface area contributed by atoms with Gasteiger partial charge in [0.05, 0.1) is 0 Å². The summed E-state index contributed by atoms with van der Waals surface area (Å²) in [5.74, 6) is -0.163. The summed E-state index contributed by atoms with van der Waals surface area (Å²) in [5, 5.41) is 29.4. The smallest absolute Gasteiger partial charge is 0.163 e. The standard InChI is InChI=1S/C18H17NO4/c20-13-4-5-17-16(9-13)11(10-19-17)2-1-3-18(23)12-6-14(21)8-15(22)7-12/h4-10,19-22H,1-3H2. The maximum atomic E-state index is 12.1. The van der Waals surface area contributed by atoms with Gasteiger partial charge < -0.3 is 20.3 Å². The van der Waals surface area contributed by atoms with Crippen LogP contribution in [0.1, 0.15) is 28.8 Å². The van der Waals surface area contributed by atoms with Gasteiger partial charge in [0.15, 0.2) is 5.78 Å². The first-order valence-corrected chi connectivity index (χ1v) is 7.38. The lowest BCUT2D eigenvalue weighted by Gasteiger charge is -2.03. The average Bonchev–Trinajstić information content (AvgIpc) is 2.88. The van der Waals surface area contributed by atoms with Crippen molar-refractivity contribution in [2.75, 3.05) is 0 Å². The van der Waals surface area contributed by atoms with E-state index in [0.29, 0.717) is 24.8 Å². The third kappa shape index (κ3) is 3.29. The predicted octanol–water partition coefficient (Wildman–Crippen LogP) is 3.49. The van der Waals surface area contributed by atoms with Gasteiger partial charge in [-0.05, 0) is 48.7 Å². The van der Waals surface area contributed by atoms with Crippen LogP contribution in [0.15, 0.2) is 42.6 Å². The zero-order valence-corrected chi connectivity index (χ0v) is 12.4. The Labute approximate surface area is 132 Å². The highest BCUT2D eigenvalue weighted by atomic mass is 16.3. The zero-order chi connectivity index (χ0) is 16.4. The average molecular weight is 311 g/mol. The number of benzene rings is 2. The molecule has 3 aromatic rings. The number of nitrogens with one attached hydrogen (secondary N) is 1. The van der Waals surface area contributed by atoms with Crippen LogP contribution in [-0.2, 0) is 6.42 Å². The number of rotatable bonds is 5. The predicted molar refractivity (Wildman–Crippen MR) is 87.0 cm³/mol. The molecule has 0 aliphatic carbocycles. The van der Waals surface area contributed by atoms with Crippen LogP contribution in [0.4, 0.5) is 0 Å². The van der Waals surface area contributed by atoms with Crippen molar-refractivity contribution >= 4 is 16.7 Å². The van der Waals surface area contributed by atoms with E-state index in [-0.39, 0.29) is 23.0 Å². The second-order valence-electron chi connectivity index (χ2n) is 5.56. The summed E-state index contributed by atoms with van der Waals surface area (Å²) in [7, 11) is 0. The van der Waals surface area contributed by atoms with Crippen LogP contribution in [0, 0.1) is 0 Å². The number of aromatic nitrogens is 1. The van der Waals surface area contributed by atoms with Crippen LogP contribution >= 0.6 is 0 Å². The highest BCUT2D eigenvalue weighted by Crippen LogP contribution is 2.25. The molecule has 1 aromatic heterocycles. The number of aryl methyl sites for hydroxylation is 1. The van der Waals surface area contributed by atoms with Crippen LogP contribution < -0.4 is 0 Å². The van der Waals surface area contributed by atoms with E-state index in [1.54, 1.807) is 12.1 Å². The number of Topliss-reactive ketones (excluding diaryl/α,β-unsaturated/α-hetero) is 1. The molecule has 0 bridgehead atoms. The van der Waals surface area contributed by atoms with E-state index in [0.717, 1.165) is 16.5 Å². The highest BCUT2D eigenvalue weighted by molar-refractivity contribution is 5.96. The fourth-order valence-electron chi connectivity index (χ4n) is 2.71. The van der Waals surface area contributed by atoms with Crippen molar-refractivity contribution in [3.63, 3.8) is 0 Å². The molecule has 0 unspecified atom stereocenters. The Morgan fingerprint density at radius 3 is 2.43 bits per heavy atom. The third-order valence-electron chi connectivity index (χ3n) is 3.83. The van der Waals surface area contributed by atoms with Crippen LogP contribution in [0.5, 0.6) is 17.2 Å². The monoisotopic (exact) mass is 311 g/mol. The number of aromatic amines is 1. The maximum Gasteiger partial charge on any atom is 0.163 e. The van der Waals surface area contributed by atoms with Gasteiger partial charge in [0.25, 0.3) is 0 Å².